The van der Waals surface area contributed by atoms with Crippen LogP contribution in [0.1, 0.15) is 16.8 Å². The third kappa shape index (κ3) is 2.61. The molecule has 0 spiro atoms. The van der Waals surface area contributed by atoms with Crippen molar-refractivity contribution in [3.05, 3.63) is 37.9 Å². The minimum atomic E-state index is 0.588. The Labute approximate surface area is 124 Å². The highest BCUT2D eigenvalue weighted by Crippen LogP contribution is 2.25. The average molecular weight is 378 g/mol. The Morgan fingerprint density at radius 2 is 2.17 bits per heavy atom. The number of ether oxygens (including phenoxy) is 1. The second-order valence-electron chi connectivity index (χ2n) is 4.01. The van der Waals surface area contributed by atoms with Gasteiger partial charge in [-0.3, -0.25) is 9.67 Å². The molecule has 0 radical (unpaired) electrons. The molecule has 0 atom stereocenters. The molecule has 0 unspecified atom stereocenters. The molecule has 2 heterocycles. The Morgan fingerprint density at radius 1 is 1.44 bits per heavy atom. The first-order valence-corrected chi connectivity index (χ1v) is 6.86. The van der Waals surface area contributed by atoms with Crippen LogP contribution in [0, 0.1) is 17.5 Å². The van der Waals surface area contributed by atoms with Gasteiger partial charge < -0.3 is 4.74 Å². The van der Waals surface area contributed by atoms with Crippen LogP contribution in [0.3, 0.4) is 0 Å². The molecule has 2 rings (SSSR count). The number of halogens is 2. The molecule has 18 heavy (non-hydrogen) atoms. The van der Waals surface area contributed by atoms with E-state index in [0.717, 1.165) is 26.3 Å². The highest BCUT2D eigenvalue weighted by atomic mass is 127. The van der Waals surface area contributed by atoms with Gasteiger partial charge in [0.1, 0.15) is 9.45 Å². The van der Waals surface area contributed by atoms with Crippen LogP contribution < -0.4 is 4.74 Å². The standard InChI is InChI=1S/C12H13ClIN3O/c1-7-4-15-10(8(2)11(7)18-3)6-17-5-9(13)12(14)16-17/h4-5H,6H2,1-3H3. The van der Waals surface area contributed by atoms with Crippen molar-refractivity contribution in [2.45, 2.75) is 20.4 Å². The van der Waals surface area contributed by atoms with Gasteiger partial charge in [0.2, 0.25) is 0 Å². The van der Waals surface area contributed by atoms with Gasteiger partial charge in [-0.15, -0.1) is 0 Å². The topological polar surface area (TPSA) is 39.9 Å². The molecule has 0 aliphatic heterocycles. The molecule has 0 N–H and O–H groups in total. The number of nitrogens with zero attached hydrogens (tertiary/aromatic N) is 3. The summed E-state index contributed by atoms with van der Waals surface area (Å²) in [6.07, 6.45) is 3.62. The highest BCUT2D eigenvalue weighted by molar-refractivity contribution is 14.1. The Morgan fingerprint density at radius 3 is 2.72 bits per heavy atom. The first-order chi connectivity index (χ1) is 8.52. The third-order valence-corrected chi connectivity index (χ3v) is 4.13. The molecule has 0 amide bonds. The summed E-state index contributed by atoms with van der Waals surface area (Å²) in [6.45, 7) is 4.58. The zero-order valence-corrected chi connectivity index (χ0v) is 13.3. The zero-order valence-electron chi connectivity index (χ0n) is 10.4. The number of hydrogen-bond acceptors (Lipinski definition) is 3. The van der Waals surface area contributed by atoms with Gasteiger partial charge in [-0.25, -0.2) is 0 Å². The fourth-order valence-electron chi connectivity index (χ4n) is 1.84. The van der Waals surface area contributed by atoms with Gasteiger partial charge in [0, 0.05) is 23.5 Å². The van der Waals surface area contributed by atoms with Gasteiger partial charge in [-0.1, -0.05) is 11.6 Å². The van der Waals surface area contributed by atoms with Crippen molar-refractivity contribution >= 4 is 34.2 Å². The number of pyridine rings is 1. The van der Waals surface area contributed by atoms with Crippen molar-refractivity contribution in [1.29, 1.82) is 0 Å². The predicted octanol–water partition coefficient (Wildman–Crippen LogP) is 3.21. The van der Waals surface area contributed by atoms with E-state index in [1.54, 1.807) is 18.0 Å². The van der Waals surface area contributed by atoms with Gasteiger partial charge >= 0.3 is 0 Å². The molecule has 0 aliphatic rings. The fourth-order valence-corrected chi connectivity index (χ4v) is 2.41. The van der Waals surface area contributed by atoms with Crippen LogP contribution in [0.15, 0.2) is 12.4 Å². The molecule has 0 bridgehead atoms. The quantitative estimate of drug-likeness (QED) is 0.771. The summed E-state index contributed by atoms with van der Waals surface area (Å²) in [5.41, 5.74) is 3.01. The van der Waals surface area contributed by atoms with Crippen LogP contribution in [-0.2, 0) is 6.54 Å². The molecule has 0 aromatic carbocycles. The van der Waals surface area contributed by atoms with Gasteiger partial charge in [0.15, 0.2) is 0 Å². The summed E-state index contributed by atoms with van der Waals surface area (Å²) >= 11 is 8.09. The van der Waals surface area contributed by atoms with Crippen LogP contribution in [0.2, 0.25) is 5.02 Å². The van der Waals surface area contributed by atoms with E-state index in [1.165, 1.54) is 0 Å². The molecule has 0 fully saturated rings. The van der Waals surface area contributed by atoms with Crippen molar-refractivity contribution in [2.75, 3.05) is 7.11 Å². The average Bonchev–Trinajstić information content (AvgIpc) is 2.63. The van der Waals surface area contributed by atoms with E-state index in [1.807, 2.05) is 20.0 Å². The smallest absolute Gasteiger partial charge is 0.141 e. The Kier molecular flexibility index (Phi) is 4.11. The van der Waals surface area contributed by atoms with E-state index in [4.69, 9.17) is 16.3 Å². The molecule has 0 saturated heterocycles. The monoisotopic (exact) mass is 377 g/mol. The van der Waals surface area contributed by atoms with Crippen LogP contribution in [0.25, 0.3) is 0 Å². The minimum absolute atomic E-state index is 0.588. The lowest BCUT2D eigenvalue weighted by atomic mass is 10.1. The first-order valence-electron chi connectivity index (χ1n) is 5.40. The highest BCUT2D eigenvalue weighted by Gasteiger charge is 2.11. The molecule has 0 saturated carbocycles. The molecule has 2 aromatic rings. The van der Waals surface area contributed by atoms with Gasteiger partial charge in [-0.2, -0.15) is 5.10 Å². The maximum Gasteiger partial charge on any atom is 0.141 e. The first kappa shape index (κ1) is 13.6. The molecule has 0 aliphatic carbocycles. The van der Waals surface area contributed by atoms with Crippen LogP contribution >= 0.6 is 34.2 Å². The van der Waals surface area contributed by atoms with E-state index in [9.17, 15) is 0 Å². The van der Waals surface area contributed by atoms with Crippen molar-refractivity contribution in [2.24, 2.45) is 0 Å². The maximum absolute atomic E-state index is 5.98. The number of methoxy groups -OCH3 is 1. The largest absolute Gasteiger partial charge is 0.496 e. The molecular formula is C12H13ClIN3O. The Balaban J connectivity index is 2.35. The van der Waals surface area contributed by atoms with Crippen LogP contribution in [-0.4, -0.2) is 21.9 Å². The van der Waals surface area contributed by atoms with Crippen LogP contribution in [0.4, 0.5) is 0 Å². The summed E-state index contributed by atoms with van der Waals surface area (Å²) in [6, 6.07) is 0. The van der Waals surface area contributed by atoms with Gasteiger partial charge in [0.25, 0.3) is 0 Å². The number of hydrogen-bond donors (Lipinski definition) is 0. The van der Waals surface area contributed by atoms with E-state index < -0.39 is 0 Å². The maximum atomic E-state index is 5.98. The molecule has 4 nitrogen and oxygen atoms in total. The summed E-state index contributed by atoms with van der Waals surface area (Å²) < 4.78 is 7.97. The van der Waals surface area contributed by atoms with E-state index in [0.29, 0.717) is 11.6 Å². The normalized spacial score (nSPS) is 10.7. The number of aryl methyl sites for hydroxylation is 1. The summed E-state index contributed by atoms with van der Waals surface area (Å²) in [5, 5.41) is 4.97. The van der Waals surface area contributed by atoms with Crippen molar-refractivity contribution in [3.63, 3.8) is 0 Å². The lowest BCUT2D eigenvalue weighted by Gasteiger charge is -2.12. The lowest BCUT2D eigenvalue weighted by Crippen LogP contribution is -2.06. The van der Waals surface area contributed by atoms with Gasteiger partial charge in [0.05, 0.1) is 24.4 Å². The van der Waals surface area contributed by atoms with Crippen LogP contribution in [0.5, 0.6) is 5.75 Å². The lowest BCUT2D eigenvalue weighted by molar-refractivity contribution is 0.406. The van der Waals surface area contributed by atoms with Gasteiger partial charge in [-0.05, 0) is 36.4 Å². The van der Waals surface area contributed by atoms with Crippen molar-refractivity contribution in [1.82, 2.24) is 14.8 Å². The summed E-state index contributed by atoms with van der Waals surface area (Å²) in [4.78, 5) is 4.43. The zero-order chi connectivity index (χ0) is 13.3. The molecule has 6 heteroatoms. The second-order valence-corrected chi connectivity index (χ2v) is 5.44. The Bertz CT molecular complexity index is 563. The minimum Gasteiger partial charge on any atom is -0.496 e. The molecule has 2 aromatic heterocycles. The van der Waals surface area contributed by atoms with E-state index in [-0.39, 0.29) is 0 Å². The number of aromatic nitrogens is 3. The van der Waals surface area contributed by atoms with E-state index in [2.05, 4.69) is 32.7 Å². The molecular weight excluding hydrogens is 365 g/mol. The van der Waals surface area contributed by atoms with E-state index >= 15 is 0 Å². The predicted molar refractivity (Wildman–Crippen MR) is 79.3 cm³/mol. The van der Waals surface area contributed by atoms with Crippen molar-refractivity contribution in [3.8, 4) is 5.75 Å². The summed E-state index contributed by atoms with van der Waals surface area (Å²) in [7, 11) is 1.67. The number of rotatable bonds is 3. The molecule has 96 valence electrons. The second kappa shape index (κ2) is 5.44. The SMILES string of the molecule is COc1c(C)cnc(Cn2cc(Cl)c(I)n2)c1C. The summed E-state index contributed by atoms with van der Waals surface area (Å²) in [5.74, 6) is 0.882. The van der Waals surface area contributed by atoms with Crippen molar-refractivity contribution < 1.29 is 4.74 Å². The Hall–Kier alpha value is -0.820. The third-order valence-electron chi connectivity index (χ3n) is 2.74. The fraction of sp³-hybridized carbons (Fsp3) is 0.333.